The third-order valence-electron chi connectivity index (χ3n) is 5.72. The normalized spacial score (nSPS) is 18.1. The van der Waals surface area contributed by atoms with Gasteiger partial charge in [0.1, 0.15) is 21.3 Å². The number of anilines is 1. The van der Waals surface area contributed by atoms with E-state index in [1.165, 1.54) is 6.26 Å². The lowest BCUT2D eigenvalue weighted by Gasteiger charge is -2.26. The van der Waals surface area contributed by atoms with E-state index in [4.69, 9.17) is 9.73 Å². The molecule has 2 aliphatic rings. The number of allylic oxidation sites excluding steroid dienone is 1. The van der Waals surface area contributed by atoms with Gasteiger partial charge in [0.05, 0.1) is 23.7 Å². The first-order valence-corrected chi connectivity index (χ1v) is 14.7. The molecular weight excluding hydrogens is 506 g/mol. The fourth-order valence-corrected chi connectivity index (χ4v) is 5.22. The van der Waals surface area contributed by atoms with Crippen molar-refractivity contribution in [1.82, 2.24) is 10.3 Å². The molecule has 5 rings (SSSR count). The Kier molecular flexibility index (Phi) is 7.59. The molecule has 0 amide bonds. The van der Waals surface area contributed by atoms with Crippen LogP contribution in [-0.4, -0.2) is 50.4 Å². The predicted molar refractivity (Wildman–Crippen MR) is 150 cm³/mol. The molecule has 10 heteroatoms. The van der Waals surface area contributed by atoms with E-state index in [0.717, 1.165) is 38.5 Å². The number of hydrogen-bond acceptors (Lipinski definition) is 9. The first-order valence-electron chi connectivity index (χ1n) is 11.9. The highest BCUT2D eigenvalue weighted by Crippen LogP contribution is 2.31. The Hall–Kier alpha value is -3.60. The number of ether oxygens (including phenoxy) is 1. The number of thiazole rings is 1. The van der Waals surface area contributed by atoms with Crippen LogP contribution in [0.2, 0.25) is 0 Å². The van der Waals surface area contributed by atoms with Crippen molar-refractivity contribution in [3.8, 4) is 11.5 Å². The minimum absolute atomic E-state index is 0.0709. The second-order valence-electron chi connectivity index (χ2n) is 8.73. The molecule has 37 heavy (non-hydrogen) atoms. The molecule has 1 aromatic heterocycles. The molecular formula is C27H27N5O3S2. The molecule has 0 fully saturated rings. The van der Waals surface area contributed by atoms with E-state index in [1.54, 1.807) is 11.3 Å². The number of para-hydroxylation sites is 1. The van der Waals surface area contributed by atoms with E-state index < -0.39 is 9.84 Å². The van der Waals surface area contributed by atoms with E-state index in [0.29, 0.717) is 19.6 Å². The van der Waals surface area contributed by atoms with Crippen molar-refractivity contribution in [2.75, 3.05) is 30.0 Å². The molecule has 0 radical (unpaired) electrons. The van der Waals surface area contributed by atoms with Crippen LogP contribution < -0.4 is 15.0 Å². The van der Waals surface area contributed by atoms with E-state index in [9.17, 15) is 8.42 Å². The van der Waals surface area contributed by atoms with E-state index in [-0.39, 0.29) is 11.7 Å². The summed E-state index contributed by atoms with van der Waals surface area (Å²) < 4.78 is 28.5. The number of sulfone groups is 1. The molecule has 1 N–H and O–H groups in total. The lowest BCUT2D eigenvalue weighted by molar-refractivity contribution is 0.483. The van der Waals surface area contributed by atoms with Crippen LogP contribution in [0, 0.1) is 5.92 Å². The van der Waals surface area contributed by atoms with Crippen molar-refractivity contribution >= 4 is 43.9 Å². The highest BCUT2D eigenvalue weighted by molar-refractivity contribution is 7.90. The van der Waals surface area contributed by atoms with Gasteiger partial charge in [0, 0.05) is 60.5 Å². The molecule has 1 atom stereocenters. The third kappa shape index (κ3) is 6.79. The number of aromatic nitrogens is 1. The minimum Gasteiger partial charge on any atom is -0.457 e. The van der Waals surface area contributed by atoms with Crippen LogP contribution in [0.5, 0.6) is 11.5 Å². The molecule has 0 spiro atoms. The summed E-state index contributed by atoms with van der Waals surface area (Å²) >= 11 is 1.56. The molecule has 2 aliphatic heterocycles. The first-order chi connectivity index (χ1) is 17.9. The van der Waals surface area contributed by atoms with Gasteiger partial charge in [-0.15, -0.1) is 0 Å². The maximum Gasteiger partial charge on any atom is 0.193 e. The molecule has 190 valence electrons. The summed E-state index contributed by atoms with van der Waals surface area (Å²) in [4.78, 5) is 17.0. The van der Waals surface area contributed by atoms with Crippen molar-refractivity contribution in [3.05, 3.63) is 89.7 Å². The average molecular weight is 534 g/mol. The lowest BCUT2D eigenvalue weighted by atomic mass is 9.92. The zero-order valence-electron chi connectivity index (χ0n) is 20.3. The Morgan fingerprint density at radius 1 is 1.14 bits per heavy atom. The predicted octanol–water partition coefficient (Wildman–Crippen LogP) is 4.76. The number of rotatable bonds is 9. The molecule has 0 saturated heterocycles. The zero-order chi connectivity index (χ0) is 25.7. The molecule has 8 nitrogen and oxygen atoms in total. The Bertz CT molecular complexity index is 1460. The van der Waals surface area contributed by atoms with Crippen LogP contribution in [0.1, 0.15) is 4.88 Å². The fraction of sp³-hybridized carbons (Fsp3) is 0.222. The Morgan fingerprint density at radius 2 is 1.92 bits per heavy atom. The van der Waals surface area contributed by atoms with Gasteiger partial charge >= 0.3 is 0 Å². The van der Waals surface area contributed by atoms with Crippen molar-refractivity contribution < 1.29 is 13.2 Å². The summed E-state index contributed by atoms with van der Waals surface area (Å²) in [5.74, 6) is 1.74. The summed E-state index contributed by atoms with van der Waals surface area (Å²) in [7, 11) is -2.97. The van der Waals surface area contributed by atoms with Gasteiger partial charge in [-0.2, -0.15) is 0 Å². The first kappa shape index (κ1) is 25.1. The number of hydrogen-bond donors (Lipinski definition) is 1. The number of aliphatic imine (C=N–C) groups is 2. The summed E-state index contributed by atoms with van der Waals surface area (Å²) in [6.45, 7) is 1.51. The number of nitrogens with one attached hydrogen (secondary N) is 1. The van der Waals surface area contributed by atoms with Crippen LogP contribution in [0.3, 0.4) is 0 Å². The van der Waals surface area contributed by atoms with Gasteiger partial charge in [0.25, 0.3) is 0 Å². The fourth-order valence-electron chi connectivity index (χ4n) is 3.86. The largest absolute Gasteiger partial charge is 0.457 e. The molecule has 0 aliphatic carbocycles. The van der Waals surface area contributed by atoms with Crippen molar-refractivity contribution in [2.45, 2.75) is 6.54 Å². The van der Waals surface area contributed by atoms with Crippen LogP contribution in [0.15, 0.2) is 94.8 Å². The summed E-state index contributed by atoms with van der Waals surface area (Å²) in [5.41, 5.74) is 2.84. The number of nitrogens with zero attached hydrogens (tertiary/aromatic N) is 4. The molecule has 3 heterocycles. The summed E-state index contributed by atoms with van der Waals surface area (Å²) in [5, 5.41) is 4.00. The molecule has 1 unspecified atom stereocenters. The van der Waals surface area contributed by atoms with E-state index >= 15 is 0 Å². The van der Waals surface area contributed by atoms with Gasteiger partial charge in [0.2, 0.25) is 0 Å². The second-order valence-corrected chi connectivity index (χ2v) is 12.1. The van der Waals surface area contributed by atoms with Crippen LogP contribution in [0.4, 0.5) is 10.8 Å². The third-order valence-corrected chi connectivity index (χ3v) is 7.68. The van der Waals surface area contributed by atoms with Gasteiger partial charge in [-0.05, 0) is 36.4 Å². The van der Waals surface area contributed by atoms with Crippen LogP contribution in [-0.2, 0) is 16.4 Å². The van der Waals surface area contributed by atoms with Gasteiger partial charge in [-0.3, -0.25) is 9.98 Å². The van der Waals surface area contributed by atoms with E-state index in [1.807, 2.05) is 78.1 Å². The van der Waals surface area contributed by atoms with Gasteiger partial charge < -0.3 is 15.0 Å². The van der Waals surface area contributed by atoms with Crippen LogP contribution in [0.25, 0.3) is 0 Å². The number of benzene rings is 2. The molecule has 3 aromatic rings. The second kappa shape index (κ2) is 11.2. The summed E-state index contributed by atoms with van der Waals surface area (Å²) in [6.07, 6.45) is 11.2. The topological polar surface area (TPSA) is 96.2 Å². The Morgan fingerprint density at radius 3 is 2.70 bits per heavy atom. The Labute approximate surface area is 220 Å². The molecule has 0 saturated carbocycles. The van der Waals surface area contributed by atoms with Crippen molar-refractivity contribution in [3.63, 3.8) is 0 Å². The van der Waals surface area contributed by atoms with E-state index in [2.05, 4.69) is 27.6 Å². The summed E-state index contributed by atoms with van der Waals surface area (Å²) in [6, 6.07) is 17.4. The minimum atomic E-state index is -2.97. The SMILES string of the molecule is CS(=O)(=O)CCNCc1cnc(N2C=CC3C=NCC(=Nc4ccc(Oc5ccccc5)cc4)C3=C2)s1. The molecule has 2 aromatic carbocycles. The van der Waals surface area contributed by atoms with Gasteiger partial charge in [-0.25, -0.2) is 13.4 Å². The zero-order valence-corrected chi connectivity index (χ0v) is 22.0. The Balaban J connectivity index is 1.27. The monoisotopic (exact) mass is 533 g/mol. The van der Waals surface area contributed by atoms with Gasteiger partial charge in [0.15, 0.2) is 5.13 Å². The highest BCUT2D eigenvalue weighted by Gasteiger charge is 2.24. The standard InChI is InChI=1S/C27H27N5O3S2/c1-37(33,34)14-12-28-16-24-17-30-27(36-24)32-13-11-20-15-29-18-26(25(20)19-32)31-21-7-9-23(10-8-21)35-22-5-3-2-4-6-22/h2-11,13,15,17,19-20,28H,12,14,16,18H2,1H3. The maximum absolute atomic E-state index is 11.3. The van der Waals surface area contributed by atoms with Crippen LogP contribution >= 0.6 is 11.3 Å². The highest BCUT2D eigenvalue weighted by atomic mass is 32.2. The quantitative estimate of drug-likeness (QED) is 0.399. The van der Waals surface area contributed by atoms with Gasteiger partial charge in [-0.1, -0.05) is 35.6 Å². The van der Waals surface area contributed by atoms with Crippen molar-refractivity contribution in [2.24, 2.45) is 15.9 Å². The molecule has 0 bridgehead atoms. The van der Waals surface area contributed by atoms with Crippen molar-refractivity contribution in [1.29, 1.82) is 0 Å². The maximum atomic E-state index is 11.3. The smallest absolute Gasteiger partial charge is 0.193 e. The average Bonchev–Trinajstić information content (AvgIpc) is 3.37. The number of fused-ring (bicyclic) bond motifs is 1. The lowest BCUT2D eigenvalue weighted by Crippen LogP contribution is -2.27.